The predicted molar refractivity (Wildman–Crippen MR) is 151 cm³/mol. The molecule has 2 aliphatic carbocycles. The molecule has 0 atom stereocenters. The molecule has 3 aliphatic rings. The van der Waals surface area contributed by atoms with Crippen molar-refractivity contribution in [3.05, 3.63) is 100 Å². The minimum Gasteiger partial charge on any atom is -0.489 e. The molecule has 0 amide bonds. The average Bonchev–Trinajstić information content (AvgIpc) is 2.85. The lowest BCUT2D eigenvalue weighted by Crippen LogP contribution is -2.42. The van der Waals surface area contributed by atoms with Crippen LogP contribution in [-0.4, -0.2) is 11.6 Å². The van der Waals surface area contributed by atoms with Crippen LogP contribution in [0.1, 0.15) is 70.4 Å². The molecule has 194 valence electrons. The normalized spacial score (nSPS) is 20.7. The first-order valence-electron chi connectivity index (χ1n) is 13.6. The number of carbonyl (C=O) groups excluding carboxylic acids is 2. The summed E-state index contributed by atoms with van der Waals surface area (Å²) in [6.07, 6.45) is 2.53. The predicted octanol–water partition coefficient (Wildman–Crippen LogP) is 7.39. The summed E-state index contributed by atoms with van der Waals surface area (Å²) in [6, 6.07) is 22.5. The van der Waals surface area contributed by atoms with Crippen LogP contribution in [0, 0.1) is 10.8 Å². The van der Waals surface area contributed by atoms with Crippen LogP contribution in [0.2, 0.25) is 0 Å². The third-order valence-corrected chi connectivity index (χ3v) is 8.21. The van der Waals surface area contributed by atoms with E-state index in [0.717, 1.165) is 52.3 Å². The van der Waals surface area contributed by atoms with E-state index >= 15 is 0 Å². The molecule has 0 saturated carbocycles. The molecule has 4 heteroatoms. The van der Waals surface area contributed by atoms with Gasteiger partial charge in [-0.05, 0) is 46.1 Å². The van der Waals surface area contributed by atoms with Crippen molar-refractivity contribution in [2.24, 2.45) is 10.8 Å². The summed E-state index contributed by atoms with van der Waals surface area (Å²) < 4.78 is 6.51. The number of para-hydroxylation sites is 1. The third-order valence-electron chi connectivity index (χ3n) is 8.21. The van der Waals surface area contributed by atoms with E-state index in [4.69, 9.17) is 4.74 Å². The molecule has 0 spiro atoms. The van der Waals surface area contributed by atoms with Crippen molar-refractivity contribution in [3.8, 4) is 5.75 Å². The van der Waals surface area contributed by atoms with Gasteiger partial charge in [0.05, 0.1) is 0 Å². The van der Waals surface area contributed by atoms with Gasteiger partial charge in [0, 0.05) is 46.9 Å². The molecule has 0 unspecified atom stereocenters. The zero-order chi connectivity index (χ0) is 26.7. The summed E-state index contributed by atoms with van der Waals surface area (Å²) in [5.41, 5.74) is 5.21. The molecule has 1 N–H and O–H groups in total. The highest BCUT2D eigenvalue weighted by Gasteiger charge is 2.47. The summed E-state index contributed by atoms with van der Waals surface area (Å²) >= 11 is 0. The van der Waals surface area contributed by atoms with Crippen molar-refractivity contribution < 1.29 is 14.3 Å². The summed E-state index contributed by atoms with van der Waals surface area (Å²) in [7, 11) is 0. The van der Waals surface area contributed by atoms with Gasteiger partial charge in [-0.25, -0.2) is 0 Å². The Balaban J connectivity index is 1.45. The Morgan fingerprint density at radius 3 is 2.00 bits per heavy atom. The number of hydrogen-bond acceptors (Lipinski definition) is 4. The highest BCUT2D eigenvalue weighted by Crippen LogP contribution is 2.52. The maximum Gasteiger partial charge on any atom is 0.162 e. The second kappa shape index (κ2) is 8.97. The van der Waals surface area contributed by atoms with Crippen molar-refractivity contribution in [1.29, 1.82) is 0 Å². The van der Waals surface area contributed by atoms with E-state index < -0.39 is 5.92 Å². The summed E-state index contributed by atoms with van der Waals surface area (Å²) in [6.45, 7) is 8.99. The Morgan fingerprint density at radius 2 is 1.32 bits per heavy atom. The lowest BCUT2D eigenvalue weighted by Gasteiger charge is -2.44. The van der Waals surface area contributed by atoms with Crippen LogP contribution >= 0.6 is 0 Å². The monoisotopic (exact) mass is 505 g/mol. The number of Topliss-reactive ketones (excluding diaryl/α,β-unsaturated/α-hetero) is 2. The Hall–Kier alpha value is -3.66. The Kier molecular flexibility index (Phi) is 5.82. The number of ether oxygens (including phenoxy) is 1. The Bertz CT molecular complexity index is 1480. The van der Waals surface area contributed by atoms with Crippen LogP contribution in [0.3, 0.4) is 0 Å². The highest BCUT2D eigenvalue weighted by molar-refractivity contribution is 6.07. The van der Waals surface area contributed by atoms with E-state index in [2.05, 4.69) is 63.3 Å². The molecule has 6 rings (SSSR count). The summed E-state index contributed by atoms with van der Waals surface area (Å²) in [5.74, 6) is 0.571. The molecule has 0 bridgehead atoms. The number of rotatable bonds is 4. The van der Waals surface area contributed by atoms with Gasteiger partial charge in [0.1, 0.15) is 12.4 Å². The quantitative estimate of drug-likeness (QED) is 0.402. The zero-order valence-electron chi connectivity index (χ0n) is 22.7. The molecule has 0 aromatic heterocycles. The van der Waals surface area contributed by atoms with Crippen LogP contribution in [0.5, 0.6) is 5.75 Å². The SMILES string of the molecule is CC1(C)CC(=O)C2=C(C1)NC1=C(C(=O)CC(C)(C)C1)C2c1ccccc1OCc1cccc2ccccc12. The minimum absolute atomic E-state index is 0.121. The van der Waals surface area contributed by atoms with Gasteiger partial charge in [0.15, 0.2) is 11.6 Å². The summed E-state index contributed by atoms with van der Waals surface area (Å²) in [4.78, 5) is 27.4. The van der Waals surface area contributed by atoms with Gasteiger partial charge in [0.25, 0.3) is 0 Å². The molecule has 3 aromatic carbocycles. The number of fused-ring (bicyclic) bond motifs is 1. The van der Waals surface area contributed by atoms with Gasteiger partial charge in [-0.15, -0.1) is 0 Å². The van der Waals surface area contributed by atoms with Gasteiger partial charge in [-0.1, -0.05) is 88.4 Å². The van der Waals surface area contributed by atoms with Crippen LogP contribution in [0.25, 0.3) is 10.8 Å². The van der Waals surface area contributed by atoms with Gasteiger partial charge in [0.2, 0.25) is 0 Å². The topological polar surface area (TPSA) is 55.4 Å². The average molecular weight is 506 g/mol. The Morgan fingerprint density at radius 1 is 0.737 bits per heavy atom. The second-order valence-electron chi connectivity index (χ2n) is 12.7. The van der Waals surface area contributed by atoms with E-state index in [0.29, 0.717) is 19.4 Å². The fraction of sp³-hybridized carbons (Fsp3) is 0.353. The molecule has 1 heterocycles. The van der Waals surface area contributed by atoms with E-state index in [-0.39, 0.29) is 22.4 Å². The smallest absolute Gasteiger partial charge is 0.162 e. The highest BCUT2D eigenvalue weighted by atomic mass is 16.5. The van der Waals surface area contributed by atoms with Crippen molar-refractivity contribution in [2.75, 3.05) is 0 Å². The first kappa shape index (κ1) is 24.7. The number of benzene rings is 3. The largest absolute Gasteiger partial charge is 0.489 e. The number of hydrogen-bond donors (Lipinski definition) is 1. The van der Waals surface area contributed by atoms with Crippen molar-refractivity contribution in [1.82, 2.24) is 5.32 Å². The van der Waals surface area contributed by atoms with Crippen LogP contribution < -0.4 is 10.1 Å². The number of dihydropyridines is 1. The van der Waals surface area contributed by atoms with Crippen molar-refractivity contribution in [3.63, 3.8) is 0 Å². The molecule has 3 aromatic rings. The molecular formula is C34H35NO3. The van der Waals surface area contributed by atoms with Crippen molar-refractivity contribution >= 4 is 22.3 Å². The molecule has 38 heavy (non-hydrogen) atoms. The number of nitrogens with one attached hydrogen (secondary N) is 1. The molecule has 0 fully saturated rings. The molecule has 1 aliphatic heterocycles. The van der Waals surface area contributed by atoms with E-state index in [1.165, 1.54) is 10.8 Å². The van der Waals surface area contributed by atoms with E-state index in [1.54, 1.807) is 0 Å². The van der Waals surface area contributed by atoms with Crippen molar-refractivity contribution in [2.45, 2.75) is 65.9 Å². The van der Waals surface area contributed by atoms with Crippen LogP contribution in [-0.2, 0) is 16.2 Å². The lowest BCUT2D eigenvalue weighted by atomic mass is 9.64. The van der Waals surface area contributed by atoms with Crippen LogP contribution in [0.15, 0.2) is 89.3 Å². The summed E-state index contributed by atoms with van der Waals surface area (Å²) in [5, 5.41) is 5.95. The first-order valence-corrected chi connectivity index (χ1v) is 13.6. The second-order valence-corrected chi connectivity index (χ2v) is 12.7. The van der Waals surface area contributed by atoms with Crippen LogP contribution in [0.4, 0.5) is 0 Å². The molecule has 0 radical (unpaired) electrons. The van der Waals surface area contributed by atoms with Gasteiger partial charge < -0.3 is 10.1 Å². The fourth-order valence-corrected chi connectivity index (χ4v) is 6.62. The third kappa shape index (κ3) is 4.36. The lowest BCUT2D eigenvalue weighted by molar-refractivity contribution is -0.119. The van der Waals surface area contributed by atoms with Gasteiger partial charge in [-0.3, -0.25) is 9.59 Å². The molecule has 4 nitrogen and oxygen atoms in total. The van der Waals surface area contributed by atoms with Gasteiger partial charge in [-0.2, -0.15) is 0 Å². The standard InChI is InChI=1S/C34H35NO3/c1-33(2)16-25-31(27(36)18-33)30(32-26(35-25)17-34(3,4)19-28(32)37)24-14-7-8-15-29(24)38-20-22-12-9-11-21-10-5-6-13-23(21)22/h5-15,30,35H,16-20H2,1-4H3. The number of carbonyl (C=O) groups is 2. The maximum absolute atomic E-state index is 13.7. The van der Waals surface area contributed by atoms with Gasteiger partial charge >= 0.3 is 0 Å². The maximum atomic E-state index is 13.7. The number of ketones is 2. The Labute approximate surface area is 224 Å². The first-order chi connectivity index (χ1) is 18.1. The van der Waals surface area contributed by atoms with E-state index in [1.807, 2.05) is 36.4 Å². The number of allylic oxidation sites excluding steroid dienone is 4. The minimum atomic E-state index is -0.405. The zero-order valence-corrected chi connectivity index (χ0v) is 22.7. The van der Waals surface area contributed by atoms with E-state index in [9.17, 15) is 9.59 Å². The fourth-order valence-electron chi connectivity index (χ4n) is 6.62. The molecular weight excluding hydrogens is 470 g/mol. The molecule has 0 saturated heterocycles.